The minimum Gasteiger partial charge on any atom is -0.507 e. The van der Waals surface area contributed by atoms with E-state index >= 15 is 0 Å². The van der Waals surface area contributed by atoms with Crippen LogP contribution in [0.25, 0.3) is 0 Å². The standard InChI is InChI=1S/C36H40O8/c1-13-21-9-23(31(39)17(5)29(21)37)14(2)25-11-27(35(43)19(7)33(25)41)16(4)28-12-26(34(42)20(8)36(28)44)15(3)24-10-22(13)30(38)18(6)32(24)40/h9-16,37-44H,1-8H3/t13-,14+,15-,16+. The molecule has 232 valence electrons. The molecule has 0 heterocycles. The van der Waals surface area contributed by atoms with E-state index in [2.05, 4.69) is 0 Å². The molecule has 0 spiro atoms. The highest BCUT2D eigenvalue weighted by Crippen LogP contribution is 2.52. The van der Waals surface area contributed by atoms with Crippen LogP contribution in [0.4, 0.5) is 0 Å². The quantitative estimate of drug-likeness (QED) is 0.103. The van der Waals surface area contributed by atoms with Crippen LogP contribution in [0.3, 0.4) is 0 Å². The van der Waals surface area contributed by atoms with E-state index in [1.54, 1.807) is 79.7 Å². The number of rotatable bonds is 0. The van der Waals surface area contributed by atoms with Crippen LogP contribution >= 0.6 is 0 Å². The highest BCUT2D eigenvalue weighted by atomic mass is 16.3. The molecular formula is C36H40O8. The third-order valence-corrected chi connectivity index (χ3v) is 10.0. The van der Waals surface area contributed by atoms with Crippen molar-refractivity contribution < 1.29 is 40.9 Å². The van der Waals surface area contributed by atoms with Gasteiger partial charge < -0.3 is 40.9 Å². The van der Waals surface area contributed by atoms with E-state index in [-0.39, 0.29) is 68.2 Å². The predicted octanol–water partition coefficient (Wildman–Crippen LogP) is 7.49. The summed E-state index contributed by atoms with van der Waals surface area (Å²) in [4.78, 5) is 0. The Kier molecular flexibility index (Phi) is 7.31. The van der Waals surface area contributed by atoms with Gasteiger partial charge in [-0.05, 0) is 52.0 Å². The zero-order valence-electron chi connectivity index (χ0n) is 26.2. The summed E-state index contributed by atoms with van der Waals surface area (Å²) >= 11 is 0. The van der Waals surface area contributed by atoms with Crippen molar-refractivity contribution in [2.24, 2.45) is 0 Å². The lowest BCUT2D eigenvalue weighted by atomic mass is 9.78. The average Bonchev–Trinajstić information content (AvgIpc) is 2.99. The van der Waals surface area contributed by atoms with Crippen LogP contribution in [-0.4, -0.2) is 40.9 Å². The molecule has 0 atom stereocenters. The van der Waals surface area contributed by atoms with Gasteiger partial charge >= 0.3 is 0 Å². The van der Waals surface area contributed by atoms with Crippen molar-refractivity contribution in [2.45, 2.75) is 79.1 Å². The van der Waals surface area contributed by atoms with Gasteiger partial charge in [0.05, 0.1) is 0 Å². The van der Waals surface area contributed by atoms with E-state index in [1.165, 1.54) is 0 Å². The Labute approximate surface area is 256 Å². The lowest BCUT2D eigenvalue weighted by Gasteiger charge is -2.28. The molecule has 1 aliphatic rings. The molecule has 0 aromatic heterocycles. The molecule has 0 saturated heterocycles. The number of aromatic hydroxyl groups is 8. The van der Waals surface area contributed by atoms with Crippen molar-refractivity contribution in [1.82, 2.24) is 0 Å². The summed E-state index contributed by atoms with van der Waals surface area (Å²) in [6.07, 6.45) is 0. The van der Waals surface area contributed by atoms with E-state index < -0.39 is 23.7 Å². The summed E-state index contributed by atoms with van der Waals surface area (Å²) in [7, 11) is 0. The molecule has 0 unspecified atom stereocenters. The molecule has 0 fully saturated rings. The van der Waals surface area contributed by atoms with Gasteiger partial charge in [-0.1, -0.05) is 27.7 Å². The molecular weight excluding hydrogens is 560 g/mol. The number of benzene rings is 4. The van der Waals surface area contributed by atoms with Crippen molar-refractivity contribution in [3.05, 3.63) is 91.0 Å². The summed E-state index contributed by atoms with van der Waals surface area (Å²) < 4.78 is 0. The van der Waals surface area contributed by atoms with Crippen LogP contribution in [0.1, 0.15) is 118 Å². The largest absolute Gasteiger partial charge is 0.507 e. The highest BCUT2D eigenvalue weighted by molar-refractivity contribution is 5.66. The third-order valence-electron chi connectivity index (χ3n) is 10.0. The van der Waals surface area contributed by atoms with Gasteiger partial charge in [0.2, 0.25) is 0 Å². The molecule has 1 aliphatic carbocycles. The summed E-state index contributed by atoms with van der Waals surface area (Å²) in [6.45, 7) is 13.5. The van der Waals surface area contributed by atoms with Crippen molar-refractivity contribution in [1.29, 1.82) is 0 Å². The first-order valence-corrected chi connectivity index (χ1v) is 14.7. The summed E-state index contributed by atoms with van der Waals surface area (Å²) in [5, 5.41) is 89.9. The Bertz CT molecular complexity index is 1470. The Morgan fingerprint density at radius 2 is 0.409 bits per heavy atom. The van der Waals surface area contributed by atoms with Gasteiger partial charge in [0.1, 0.15) is 46.0 Å². The maximum atomic E-state index is 11.2. The Hall–Kier alpha value is -4.72. The van der Waals surface area contributed by atoms with E-state index in [0.717, 1.165) is 0 Å². The predicted molar refractivity (Wildman–Crippen MR) is 168 cm³/mol. The van der Waals surface area contributed by atoms with Crippen LogP contribution in [0.2, 0.25) is 0 Å². The maximum absolute atomic E-state index is 11.2. The number of hydrogen-bond donors (Lipinski definition) is 8. The monoisotopic (exact) mass is 600 g/mol. The molecule has 0 saturated carbocycles. The lowest BCUT2D eigenvalue weighted by Crippen LogP contribution is -2.09. The smallest absolute Gasteiger partial charge is 0.126 e. The fourth-order valence-electron chi connectivity index (χ4n) is 6.71. The second-order valence-electron chi connectivity index (χ2n) is 12.4. The van der Waals surface area contributed by atoms with Crippen molar-refractivity contribution in [3.63, 3.8) is 0 Å². The Morgan fingerprint density at radius 1 is 0.295 bits per heavy atom. The summed E-state index contributed by atoms with van der Waals surface area (Å²) in [5.41, 5.74) is 4.26. The zero-order chi connectivity index (χ0) is 32.7. The first-order chi connectivity index (χ1) is 20.5. The third kappa shape index (κ3) is 4.26. The zero-order valence-corrected chi connectivity index (χ0v) is 26.2. The molecule has 0 amide bonds. The van der Waals surface area contributed by atoms with Crippen LogP contribution in [0.5, 0.6) is 46.0 Å². The van der Waals surface area contributed by atoms with Gasteiger partial charge in [0, 0.05) is 90.4 Å². The molecule has 4 aromatic rings. The van der Waals surface area contributed by atoms with Gasteiger partial charge in [0.15, 0.2) is 0 Å². The van der Waals surface area contributed by atoms with Crippen LogP contribution < -0.4 is 0 Å². The summed E-state index contributed by atoms with van der Waals surface area (Å²) in [5.74, 6) is -3.66. The highest BCUT2D eigenvalue weighted by Gasteiger charge is 2.32. The van der Waals surface area contributed by atoms with Crippen LogP contribution in [0, 0.1) is 27.7 Å². The van der Waals surface area contributed by atoms with Crippen molar-refractivity contribution >= 4 is 0 Å². The molecule has 5 rings (SSSR count). The SMILES string of the molecule is Cc1c(O)c2cc(c1O)[C@H](C)c1cc(c(O)c(C)c1O)[C@H](C)c1cc(c(O)c(C)c1O)[C@H](C)c1cc(c(O)c(C)c1O)[C@@H]2C. The van der Waals surface area contributed by atoms with Gasteiger partial charge in [-0.3, -0.25) is 0 Å². The molecule has 0 aliphatic heterocycles. The molecule has 8 N–H and O–H groups in total. The lowest BCUT2D eigenvalue weighted by molar-refractivity contribution is 0.421. The van der Waals surface area contributed by atoms with Gasteiger partial charge in [-0.15, -0.1) is 0 Å². The molecule has 8 nitrogen and oxygen atoms in total. The number of phenolic OH excluding ortho intramolecular Hbond substituents is 8. The van der Waals surface area contributed by atoms with Crippen molar-refractivity contribution in [2.75, 3.05) is 0 Å². The van der Waals surface area contributed by atoms with Gasteiger partial charge in [-0.25, -0.2) is 0 Å². The van der Waals surface area contributed by atoms with Gasteiger partial charge in [-0.2, -0.15) is 0 Å². The van der Waals surface area contributed by atoms with E-state index in [4.69, 9.17) is 0 Å². The molecule has 8 bridgehead atoms. The fraction of sp³-hybridized carbons (Fsp3) is 0.333. The first kappa shape index (κ1) is 30.7. The number of fused-ring (bicyclic) bond motifs is 8. The molecule has 44 heavy (non-hydrogen) atoms. The normalized spacial score (nSPS) is 19.6. The van der Waals surface area contributed by atoms with Crippen LogP contribution in [0.15, 0.2) is 24.3 Å². The second kappa shape index (κ2) is 10.5. The Morgan fingerprint density at radius 3 is 0.523 bits per heavy atom. The number of phenols is 8. The maximum Gasteiger partial charge on any atom is 0.126 e. The van der Waals surface area contributed by atoms with E-state index in [1.807, 2.05) is 0 Å². The first-order valence-electron chi connectivity index (χ1n) is 14.7. The van der Waals surface area contributed by atoms with Crippen molar-refractivity contribution in [3.8, 4) is 46.0 Å². The van der Waals surface area contributed by atoms with E-state index in [9.17, 15) is 40.9 Å². The second-order valence-corrected chi connectivity index (χ2v) is 12.4. The van der Waals surface area contributed by atoms with E-state index in [0.29, 0.717) is 44.5 Å². The fourth-order valence-corrected chi connectivity index (χ4v) is 6.71. The van der Waals surface area contributed by atoms with Crippen LogP contribution in [-0.2, 0) is 0 Å². The number of hydrogen-bond acceptors (Lipinski definition) is 8. The van der Waals surface area contributed by atoms with Gasteiger partial charge in [0.25, 0.3) is 0 Å². The molecule has 8 heteroatoms. The summed E-state index contributed by atoms with van der Waals surface area (Å²) in [6, 6.07) is 6.60. The topological polar surface area (TPSA) is 162 Å². The molecule has 4 aromatic carbocycles. The minimum absolute atomic E-state index is 0.149. The molecule has 0 radical (unpaired) electrons. The Balaban J connectivity index is 1.97. The average molecular weight is 601 g/mol. The minimum atomic E-state index is -0.616.